The first-order chi connectivity index (χ1) is 23.5. The molecule has 0 bridgehead atoms. The Morgan fingerprint density at radius 3 is 2.20 bits per heavy atom. The van der Waals surface area contributed by atoms with Crippen LogP contribution >= 0.6 is 0 Å². The van der Waals surface area contributed by atoms with Crippen molar-refractivity contribution in [3.05, 3.63) is 71.6 Å². The van der Waals surface area contributed by atoms with E-state index in [1.54, 1.807) is 17.7 Å². The number of hydrogen-bond donors (Lipinski definition) is 4. The summed E-state index contributed by atoms with van der Waals surface area (Å²) in [7, 11) is -3.15. The Hall–Kier alpha value is -5.97. The number of para-hydroxylation sites is 1. The van der Waals surface area contributed by atoms with Crippen molar-refractivity contribution in [2.24, 2.45) is 0 Å². The summed E-state index contributed by atoms with van der Waals surface area (Å²) < 4.78 is 91.3. The lowest BCUT2D eigenvalue weighted by molar-refractivity contribution is 0.0823. The summed E-state index contributed by atoms with van der Waals surface area (Å²) in [5.74, 6) is -2.47. The number of sulfonamides is 2. The molecule has 1 aliphatic heterocycles. The lowest BCUT2D eigenvalue weighted by Gasteiger charge is -2.14. The van der Waals surface area contributed by atoms with Crippen molar-refractivity contribution in [3.8, 4) is 11.8 Å². The van der Waals surface area contributed by atoms with Crippen LogP contribution in [0.2, 0.25) is 0 Å². The van der Waals surface area contributed by atoms with Crippen molar-refractivity contribution in [2.75, 3.05) is 43.7 Å². The number of hydrogen-bond acceptors (Lipinski definition) is 14. The minimum atomic E-state index is -4.46. The van der Waals surface area contributed by atoms with Crippen molar-refractivity contribution in [1.82, 2.24) is 39.3 Å². The van der Waals surface area contributed by atoms with Crippen LogP contribution in [-0.4, -0.2) is 91.7 Å². The van der Waals surface area contributed by atoms with Gasteiger partial charge in [-0.05, 0) is 37.3 Å². The average molecular weight is 738 g/mol. The molecule has 50 heavy (non-hydrogen) atoms. The Kier molecular flexibility index (Phi) is 11.1. The number of carbonyl (C=O) groups excluding carboxylic acids is 2. The number of fused-ring (bicyclic) bond motifs is 1. The lowest BCUT2D eigenvalue weighted by Crippen LogP contribution is -2.36. The number of aromatic nitrogens is 6. The molecule has 0 atom stereocenters. The molecule has 0 spiro atoms. The number of benzene rings is 1. The number of ether oxygens (including phenoxy) is 2. The van der Waals surface area contributed by atoms with Crippen molar-refractivity contribution < 1.29 is 44.7 Å². The SMILES string of the molecule is CC1=CCn2nc(S(=O)(=O)Nc3c(F)cccc3F)nc2N1.COc1cc(OC)nc(NC(=O)NS(=O)(=O)c2ncccc2C(=O)N(C)C)n1. The highest BCUT2D eigenvalue weighted by Crippen LogP contribution is 2.23. The van der Waals surface area contributed by atoms with Crippen LogP contribution in [0.25, 0.3) is 0 Å². The normalized spacial score (nSPS) is 12.2. The zero-order chi connectivity index (χ0) is 36.8. The maximum Gasteiger partial charge on any atom is 0.335 e. The van der Waals surface area contributed by atoms with E-state index in [4.69, 9.17) is 9.47 Å². The van der Waals surface area contributed by atoms with Gasteiger partial charge in [0.25, 0.3) is 31.1 Å². The molecule has 3 amide bonds. The fourth-order valence-corrected chi connectivity index (χ4v) is 5.86. The summed E-state index contributed by atoms with van der Waals surface area (Å²) in [5.41, 5.74) is -0.151. The monoisotopic (exact) mass is 737 g/mol. The molecule has 4 heterocycles. The first kappa shape index (κ1) is 36.9. The minimum absolute atomic E-state index is 0.0913. The number of halogens is 2. The van der Waals surface area contributed by atoms with Crippen LogP contribution in [0.1, 0.15) is 17.3 Å². The molecule has 4 aromatic rings. The second-order valence-electron chi connectivity index (χ2n) is 10.0. The third kappa shape index (κ3) is 8.73. The maximum absolute atomic E-state index is 13.5. The summed E-state index contributed by atoms with van der Waals surface area (Å²) in [6, 6.07) is 5.93. The fourth-order valence-electron chi connectivity index (χ4n) is 3.86. The van der Waals surface area contributed by atoms with Gasteiger partial charge in [0.2, 0.25) is 23.7 Å². The van der Waals surface area contributed by atoms with Gasteiger partial charge in [0.1, 0.15) is 17.3 Å². The van der Waals surface area contributed by atoms with Gasteiger partial charge in [-0.3, -0.25) is 14.8 Å². The molecule has 1 aliphatic rings. The number of urea groups is 1. The van der Waals surface area contributed by atoms with Gasteiger partial charge in [-0.15, -0.1) is 5.10 Å². The molecule has 3 aromatic heterocycles. The zero-order valence-electron chi connectivity index (χ0n) is 26.8. The summed E-state index contributed by atoms with van der Waals surface area (Å²) in [4.78, 5) is 40.8. The highest BCUT2D eigenvalue weighted by molar-refractivity contribution is 7.92. The van der Waals surface area contributed by atoms with Crippen molar-refractivity contribution in [1.29, 1.82) is 0 Å². The second kappa shape index (κ2) is 15.1. The van der Waals surface area contributed by atoms with Crippen molar-refractivity contribution in [2.45, 2.75) is 23.7 Å². The van der Waals surface area contributed by atoms with E-state index >= 15 is 0 Å². The number of nitrogens with zero attached hydrogens (tertiary/aromatic N) is 7. The van der Waals surface area contributed by atoms with Gasteiger partial charge in [0, 0.05) is 26.0 Å². The molecule has 0 saturated heterocycles. The Balaban J connectivity index is 0.000000231. The van der Waals surface area contributed by atoms with Crippen LogP contribution in [0.15, 0.2) is 64.6 Å². The molecule has 4 N–H and O–H groups in total. The molecule has 0 fully saturated rings. The quantitative estimate of drug-likeness (QED) is 0.192. The number of pyridine rings is 1. The van der Waals surface area contributed by atoms with Gasteiger partial charge in [-0.25, -0.2) is 28.0 Å². The Morgan fingerprint density at radius 2 is 1.60 bits per heavy atom. The van der Waals surface area contributed by atoms with Crippen LogP contribution < -0.4 is 29.6 Å². The Bertz CT molecular complexity index is 2140. The van der Waals surface area contributed by atoms with E-state index in [1.165, 1.54) is 62.3 Å². The second-order valence-corrected chi connectivity index (χ2v) is 13.2. The number of carbonyl (C=O) groups is 2. The number of allylic oxidation sites excluding steroid dienone is 2. The van der Waals surface area contributed by atoms with Gasteiger partial charge in [0.15, 0.2) is 5.03 Å². The molecular formula is C27H29F2N11O8S2. The zero-order valence-corrected chi connectivity index (χ0v) is 28.4. The average Bonchev–Trinajstić information content (AvgIpc) is 3.50. The van der Waals surface area contributed by atoms with E-state index < -0.39 is 59.5 Å². The smallest absolute Gasteiger partial charge is 0.335 e. The molecule has 23 heteroatoms. The third-order valence-corrected chi connectivity index (χ3v) is 8.60. The molecule has 0 unspecified atom stereocenters. The summed E-state index contributed by atoms with van der Waals surface area (Å²) in [6.45, 7) is 2.14. The number of anilines is 3. The number of amides is 3. The topological polar surface area (TPSA) is 242 Å². The fraction of sp³-hybridized carbons (Fsp3) is 0.222. The standard InChI is InChI=1S/C15H18N6O6S.C12H11F2N5O2S/c1-21(2)13(22)9-6-5-7-16-12(9)28(24,25)20-15(23)19-14-17-10(26-3)8-11(18-14)27-4;1-7-5-6-19-11(15-7)16-12(17-19)22(20,21)18-10-8(13)3-2-4-9(10)14/h5-8H,1-4H3,(H2,17,18,19,20,23);2-5,18H,6H2,1H3,(H,15,16,17). The Labute approximate surface area is 283 Å². The summed E-state index contributed by atoms with van der Waals surface area (Å²) >= 11 is 0. The van der Waals surface area contributed by atoms with Gasteiger partial charge in [-0.2, -0.15) is 31.8 Å². The molecule has 0 aliphatic carbocycles. The van der Waals surface area contributed by atoms with Crippen LogP contribution in [0.5, 0.6) is 11.8 Å². The van der Waals surface area contributed by atoms with Crippen molar-refractivity contribution >= 4 is 49.6 Å². The van der Waals surface area contributed by atoms with E-state index in [1.807, 2.05) is 4.72 Å². The lowest BCUT2D eigenvalue weighted by atomic mass is 10.2. The van der Waals surface area contributed by atoms with E-state index in [9.17, 15) is 35.2 Å². The summed E-state index contributed by atoms with van der Waals surface area (Å²) in [5, 5.41) is 7.66. The molecule has 5 rings (SSSR count). The highest BCUT2D eigenvalue weighted by Gasteiger charge is 2.28. The van der Waals surface area contributed by atoms with Crippen LogP contribution in [0.4, 0.5) is 31.2 Å². The maximum atomic E-state index is 13.5. The van der Waals surface area contributed by atoms with Gasteiger partial charge in [0.05, 0.1) is 32.4 Å². The predicted molar refractivity (Wildman–Crippen MR) is 171 cm³/mol. The first-order valence-electron chi connectivity index (χ1n) is 13.9. The van der Waals surface area contributed by atoms with Crippen LogP contribution in [0.3, 0.4) is 0 Å². The van der Waals surface area contributed by atoms with Crippen LogP contribution in [-0.2, 0) is 26.6 Å². The minimum Gasteiger partial charge on any atom is -0.481 e. The molecular weight excluding hydrogens is 708 g/mol. The molecule has 19 nitrogen and oxygen atoms in total. The summed E-state index contributed by atoms with van der Waals surface area (Å²) in [6.07, 6.45) is 2.98. The van der Waals surface area contributed by atoms with Gasteiger partial charge < -0.3 is 19.7 Å². The predicted octanol–water partition coefficient (Wildman–Crippen LogP) is 1.79. The number of rotatable bonds is 9. The van der Waals surface area contributed by atoms with E-state index in [2.05, 4.69) is 35.7 Å². The number of nitrogens with one attached hydrogen (secondary N) is 4. The Morgan fingerprint density at radius 1 is 0.960 bits per heavy atom. The van der Waals surface area contributed by atoms with Gasteiger partial charge in [-0.1, -0.05) is 6.07 Å². The van der Waals surface area contributed by atoms with E-state index in [0.717, 1.165) is 23.9 Å². The largest absolute Gasteiger partial charge is 0.481 e. The molecule has 0 saturated carbocycles. The van der Waals surface area contributed by atoms with E-state index in [0.29, 0.717) is 6.54 Å². The molecule has 0 radical (unpaired) electrons. The number of methoxy groups -OCH3 is 2. The van der Waals surface area contributed by atoms with Crippen molar-refractivity contribution in [3.63, 3.8) is 0 Å². The highest BCUT2D eigenvalue weighted by atomic mass is 32.2. The van der Waals surface area contributed by atoms with Crippen LogP contribution in [0, 0.1) is 11.6 Å². The first-order valence-corrected chi connectivity index (χ1v) is 16.8. The van der Waals surface area contributed by atoms with E-state index in [-0.39, 0.29) is 29.2 Å². The third-order valence-electron chi connectivity index (χ3n) is 6.18. The van der Waals surface area contributed by atoms with Gasteiger partial charge >= 0.3 is 6.03 Å². The molecule has 266 valence electrons. The molecule has 1 aromatic carbocycles.